The van der Waals surface area contributed by atoms with E-state index in [1.54, 1.807) is 0 Å². The van der Waals surface area contributed by atoms with E-state index in [9.17, 15) is 18.0 Å². The summed E-state index contributed by atoms with van der Waals surface area (Å²) in [6.45, 7) is 1.33. The lowest BCUT2D eigenvalue weighted by atomic mass is 10.2. The maximum absolute atomic E-state index is 12.1. The Kier molecular flexibility index (Phi) is 3.83. The highest BCUT2D eigenvalue weighted by Gasteiger charge is 2.24. The van der Waals surface area contributed by atoms with Gasteiger partial charge >= 0.3 is 0 Å². The highest BCUT2D eigenvalue weighted by molar-refractivity contribution is 7.95. The van der Waals surface area contributed by atoms with E-state index in [4.69, 9.17) is 5.73 Å². The SMILES string of the molecule is CC(C(N)=S)S(=O)(=O)Nc1cccc2c(=O)[nH][nH]c(=O)c12. The Bertz CT molecular complexity index is 929. The number of thiocarbonyl (C=S) groups is 1. The maximum Gasteiger partial charge on any atom is 0.272 e. The molecule has 1 heterocycles. The zero-order chi connectivity index (χ0) is 15.8. The van der Waals surface area contributed by atoms with Gasteiger partial charge in [-0.2, -0.15) is 0 Å². The summed E-state index contributed by atoms with van der Waals surface area (Å²) >= 11 is 4.66. The van der Waals surface area contributed by atoms with E-state index < -0.39 is 26.4 Å². The van der Waals surface area contributed by atoms with Crippen molar-refractivity contribution < 1.29 is 8.42 Å². The van der Waals surface area contributed by atoms with Crippen LogP contribution in [0, 0.1) is 0 Å². The van der Waals surface area contributed by atoms with E-state index in [0.29, 0.717) is 0 Å². The number of sulfonamides is 1. The molecule has 0 aliphatic heterocycles. The molecule has 1 aromatic carbocycles. The Morgan fingerprint density at radius 1 is 1.29 bits per heavy atom. The third-order valence-corrected chi connectivity index (χ3v) is 5.14. The van der Waals surface area contributed by atoms with E-state index in [0.717, 1.165) is 0 Å². The second-order valence-electron chi connectivity index (χ2n) is 4.33. The van der Waals surface area contributed by atoms with Crippen molar-refractivity contribution in [3.05, 3.63) is 38.9 Å². The van der Waals surface area contributed by atoms with Crippen LogP contribution in [-0.2, 0) is 10.0 Å². The predicted molar refractivity (Wildman–Crippen MR) is 84.0 cm³/mol. The molecule has 21 heavy (non-hydrogen) atoms. The van der Waals surface area contributed by atoms with Gasteiger partial charge in [-0.3, -0.25) is 24.5 Å². The molecule has 112 valence electrons. The molecule has 8 nitrogen and oxygen atoms in total. The molecule has 0 aliphatic rings. The summed E-state index contributed by atoms with van der Waals surface area (Å²) in [5.41, 5.74) is 4.17. The first kappa shape index (κ1) is 15.2. The van der Waals surface area contributed by atoms with Gasteiger partial charge < -0.3 is 5.73 Å². The van der Waals surface area contributed by atoms with Crippen LogP contribution in [0.4, 0.5) is 5.69 Å². The molecular formula is C11H12N4O4S2. The summed E-state index contributed by atoms with van der Waals surface area (Å²) in [6, 6.07) is 4.25. The van der Waals surface area contributed by atoms with Gasteiger partial charge in [0.2, 0.25) is 10.0 Å². The molecule has 5 N–H and O–H groups in total. The molecule has 2 aromatic rings. The fourth-order valence-electron chi connectivity index (χ4n) is 1.71. The van der Waals surface area contributed by atoms with Gasteiger partial charge in [0.25, 0.3) is 11.1 Å². The van der Waals surface area contributed by atoms with Crippen molar-refractivity contribution in [2.24, 2.45) is 5.73 Å². The third kappa shape index (κ3) is 2.81. The van der Waals surface area contributed by atoms with E-state index in [1.807, 2.05) is 0 Å². The van der Waals surface area contributed by atoms with Crippen LogP contribution < -0.4 is 21.6 Å². The molecule has 0 radical (unpaired) electrons. The summed E-state index contributed by atoms with van der Waals surface area (Å²) in [4.78, 5) is 23.3. The topological polar surface area (TPSA) is 138 Å². The van der Waals surface area contributed by atoms with Crippen LogP contribution in [0.15, 0.2) is 27.8 Å². The minimum Gasteiger partial charge on any atom is -0.392 e. The maximum atomic E-state index is 12.1. The molecule has 0 bridgehead atoms. The summed E-state index contributed by atoms with van der Waals surface area (Å²) < 4.78 is 26.5. The summed E-state index contributed by atoms with van der Waals surface area (Å²) in [7, 11) is -3.91. The van der Waals surface area contributed by atoms with E-state index in [1.165, 1.54) is 25.1 Å². The van der Waals surface area contributed by atoms with Crippen molar-refractivity contribution in [2.75, 3.05) is 4.72 Å². The fraction of sp³-hybridized carbons (Fsp3) is 0.182. The number of rotatable bonds is 4. The van der Waals surface area contributed by atoms with Crippen molar-refractivity contribution in [3.8, 4) is 0 Å². The Morgan fingerprint density at radius 2 is 1.90 bits per heavy atom. The lowest BCUT2D eigenvalue weighted by Crippen LogP contribution is -2.36. The highest BCUT2D eigenvalue weighted by atomic mass is 32.2. The molecule has 0 saturated heterocycles. The number of H-pyrrole nitrogens is 2. The Balaban J connectivity index is 2.65. The molecular weight excluding hydrogens is 316 g/mol. The number of benzene rings is 1. The molecule has 0 saturated carbocycles. The van der Waals surface area contributed by atoms with Crippen molar-refractivity contribution in [2.45, 2.75) is 12.2 Å². The van der Waals surface area contributed by atoms with Gasteiger partial charge in [0, 0.05) is 0 Å². The average molecular weight is 328 g/mol. The van der Waals surface area contributed by atoms with Gasteiger partial charge in [-0.05, 0) is 19.1 Å². The number of nitrogens with two attached hydrogens (primary N) is 1. The van der Waals surface area contributed by atoms with Gasteiger partial charge in [0.1, 0.15) is 5.25 Å². The number of fused-ring (bicyclic) bond motifs is 1. The van der Waals surface area contributed by atoms with Crippen LogP contribution in [0.25, 0.3) is 10.8 Å². The van der Waals surface area contributed by atoms with Gasteiger partial charge in [-0.25, -0.2) is 8.42 Å². The lowest BCUT2D eigenvalue weighted by Gasteiger charge is -2.14. The summed E-state index contributed by atoms with van der Waals surface area (Å²) in [6.07, 6.45) is 0. The molecule has 0 fully saturated rings. The fourth-order valence-corrected chi connectivity index (χ4v) is 3.05. The number of anilines is 1. The Labute approximate surface area is 124 Å². The van der Waals surface area contributed by atoms with Gasteiger partial charge in [0.05, 0.1) is 21.4 Å². The lowest BCUT2D eigenvalue weighted by molar-refractivity contribution is 0.598. The van der Waals surface area contributed by atoms with Crippen molar-refractivity contribution in [1.82, 2.24) is 10.2 Å². The molecule has 0 aliphatic carbocycles. The second kappa shape index (κ2) is 5.30. The summed E-state index contributed by atoms with van der Waals surface area (Å²) in [5, 5.41) is 3.20. The largest absolute Gasteiger partial charge is 0.392 e. The standard InChI is InChI=1S/C11H12N4O4S2/c1-5(9(12)20)21(18,19)15-7-4-2-3-6-8(7)11(17)14-13-10(6)16/h2-5,15H,1H3,(H2,12,20)(H,13,16)(H,14,17). The molecule has 1 unspecified atom stereocenters. The smallest absolute Gasteiger partial charge is 0.272 e. The van der Waals surface area contributed by atoms with Crippen LogP contribution in [0.2, 0.25) is 0 Å². The molecule has 2 rings (SSSR count). The normalized spacial score (nSPS) is 13.0. The molecule has 1 atom stereocenters. The van der Waals surface area contributed by atoms with Crippen LogP contribution >= 0.6 is 12.2 Å². The monoisotopic (exact) mass is 328 g/mol. The minimum atomic E-state index is -3.91. The zero-order valence-electron chi connectivity index (χ0n) is 10.8. The predicted octanol–water partition coefficient (Wildman–Crippen LogP) is -0.367. The van der Waals surface area contributed by atoms with Gasteiger partial charge in [-0.15, -0.1) is 0 Å². The third-order valence-electron chi connectivity index (χ3n) is 2.94. The Hall–Kier alpha value is -2.20. The average Bonchev–Trinajstić information content (AvgIpc) is 2.41. The van der Waals surface area contributed by atoms with Crippen molar-refractivity contribution in [1.29, 1.82) is 0 Å². The first-order valence-corrected chi connectivity index (χ1v) is 7.74. The molecule has 1 aromatic heterocycles. The summed E-state index contributed by atoms with van der Waals surface area (Å²) in [5.74, 6) is 0. The number of hydrogen-bond donors (Lipinski definition) is 4. The van der Waals surface area contributed by atoms with Crippen LogP contribution in [-0.4, -0.2) is 28.9 Å². The molecule has 10 heteroatoms. The number of hydrogen-bond acceptors (Lipinski definition) is 5. The second-order valence-corrected chi connectivity index (χ2v) is 6.80. The van der Waals surface area contributed by atoms with Gasteiger partial charge in [0.15, 0.2) is 0 Å². The van der Waals surface area contributed by atoms with Crippen LogP contribution in [0.1, 0.15) is 6.92 Å². The van der Waals surface area contributed by atoms with E-state index in [2.05, 4.69) is 27.1 Å². The zero-order valence-corrected chi connectivity index (χ0v) is 12.5. The Morgan fingerprint density at radius 3 is 2.52 bits per heavy atom. The van der Waals surface area contributed by atoms with Gasteiger partial charge in [-0.1, -0.05) is 18.3 Å². The number of nitrogens with one attached hydrogen (secondary N) is 3. The number of aromatic nitrogens is 2. The van der Waals surface area contributed by atoms with Crippen LogP contribution in [0.3, 0.4) is 0 Å². The van der Waals surface area contributed by atoms with E-state index >= 15 is 0 Å². The first-order chi connectivity index (χ1) is 9.74. The minimum absolute atomic E-state index is 0.0112. The van der Waals surface area contributed by atoms with E-state index in [-0.39, 0.29) is 21.4 Å². The highest BCUT2D eigenvalue weighted by Crippen LogP contribution is 2.19. The van der Waals surface area contributed by atoms with Crippen LogP contribution in [0.5, 0.6) is 0 Å². The molecule has 0 amide bonds. The first-order valence-electron chi connectivity index (χ1n) is 5.78. The van der Waals surface area contributed by atoms with Crippen molar-refractivity contribution in [3.63, 3.8) is 0 Å². The van der Waals surface area contributed by atoms with Crippen molar-refractivity contribution >= 4 is 43.7 Å². The number of aromatic amines is 2. The molecule has 0 spiro atoms. The quantitative estimate of drug-likeness (QED) is 0.565.